The molecule has 0 saturated carbocycles. The fourth-order valence-corrected chi connectivity index (χ4v) is 1.73. The maximum Gasteiger partial charge on any atom is 0.353 e. The van der Waals surface area contributed by atoms with Gasteiger partial charge in [-0.3, -0.25) is 5.10 Å². The van der Waals surface area contributed by atoms with Gasteiger partial charge in [0.15, 0.2) is 0 Å². The van der Waals surface area contributed by atoms with Crippen molar-refractivity contribution >= 4 is 17.6 Å². The highest BCUT2D eigenvalue weighted by Crippen LogP contribution is 2.29. The summed E-state index contributed by atoms with van der Waals surface area (Å²) in [4.78, 5) is 10.7. The van der Waals surface area contributed by atoms with Crippen LogP contribution in [0.3, 0.4) is 0 Å². The summed E-state index contributed by atoms with van der Waals surface area (Å²) in [5.41, 5.74) is 1.10. The van der Waals surface area contributed by atoms with E-state index in [1.165, 1.54) is 6.07 Å². The highest BCUT2D eigenvalue weighted by atomic mass is 35.5. The van der Waals surface area contributed by atoms with Crippen LogP contribution in [0, 0.1) is 0 Å². The molecule has 0 fully saturated rings. The number of rotatable bonds is 3. The number of benzene rings is 1. The summed E-state index contributed by atoms with van der Waals surface area (Å²) >= 11 is 5.85. The Balaban J connectivity index is 2.52. The first-order valence-corrected chi connectivity index (χ1v) is 5.13. The molecule has 2 N–H and O–H groups in total. The molecule has 0 spiro atoms. The molecule has 1 aromatic carbocycles. The predicted molar refractivity (Wildman–Crippen MR) is 60.8 cm³/mol. The third-order valence-electron chi connectivity index (χ3n) is 2.34. The topological polar surface area (TPSA) is 66.0 Å². The van der Waals surface area contributed by atoms with Crippen molar-refractivity contribution in [3.63, 3.8) is 0 Å². The number of halogens is 2. The molecule has 0 aliphatic rings. The zero-order valence-electron chi connectivity index (χ0n) is 8.58. The largest absolute Gasteiger partial charge is 0.477 e. The van der Waals surface area contributed by atoms with E-state index in [0.29, 0.717) is 21.8 Å². The van der Waals surface area contributed by atoms with Gasteiger partial charge in [0, 0.05) is 16.1 Å². The van der Waals surface area contributed by atoms with Crippen LogP contribution in [0.25, 0.3) is 11.3 Å². The second kappa shape index (κ2) is 4.55. The van der Waals surface area contributed by atoms with E-state index >= 15 is 0 Å². The van der Waals surface area contributed by atoms with Crippen LogP contribution >= 0.6 is 11.6 Å². The molecule has 17 heavy (non-hydrogen) atoms. The molecule has 2 aromatic rings. The van der Waals surface area contributed by atoms with E-state index in [-0.39, 0.29) is 5.69 Å². The van der Waals surface area contributed by atoms with Crippen LogP contribution in [0.4, 0.5) is 4.39 Å². The summed E-state index contributed by atoms with van der Waals surface area (Å²) in [6.45, 7) is -0.732. The SMILES string of the molecule is O=C(O)c1cc(-c2cccc(Cl)c2CF)n[nH]1. The number of nitrogens with zero attached hydrogens (tertiary/aromatic N) is 1. The van der Waals surface area contributed by atoms with Crippen LogP contribution in [0.2, 0.25) is 5.02 Å². The van der Waals surface area contributed by atoms with E-state index in [2.05, 4.69) is 10.2 Å². The molecule has 1 heterocycles. The number of alkyl halides is 1. The average molecular weight is 255 g/mol. The Morgan fingerprint density at radius 3 is 2.88 bits per heavy atom. The summed E-state index contributed by atoms with van der Waals surface area (Å²) in [6.07, 6.45) is 0. The number of aromatic nitrogens is 2. The van der Waals surface area contributed by atoms with Gasteiger partial charge in [-0.05, 0) is 12.1 Å². The van der Waals surface area contributed by atoms with E-state index < -0.39 is 12.6 Å². The van der Waals surface area contributed by atoms with Crippen molar-refractivity contribution in [3.05, 3.63) is 40.5 Å². The van der Waals surface area contributed by atoms with Crippen molar-refractivity contribution in [3.8, 4) is 11.3 Å². The third kappa shape index (κ3) is 2.14. The Morgan fingerprint density at radius 2 is 2.29 bits per heavy atom. The van der Waals surface area contributed by atoms with E-state index in [4.69, 9.17) is 16.7 Å². The minimum absolute atomic E-state index is 0.0511. The number of aromatic carboxylic acids is 1. The van der Waals surface area contributed by atoms with E-state index in [1.54, 1.807) is 18.2 Å². The number of carboxylic acids is 1. The molecular weight excluding hydrogens is 247 g/mol. The van der Waals surface area contributed by atoms with Crippen LogP contribution in [-0.2, 0) is 6.67 Å². The lowest BCUT2D eigenvalue weighted by Gasteiger charge is -2.04. The first-order chi connectivity index (χ1) is 8.13. The van der Waals surface area contributed by atoms with Gasteiger partial charge in [0.25, 0.3) is 0 Å². The number of hydrogen-bond acceptors (Lipinski definition) is 2. The van der Waals surface area contributed by atoms with Crippen LogP contribution < -0.4 is 0 Å². The average Bonchev–Trinajstić information content (AvgIpc) is 2.77. The summed E-state index contributed by atoms with van der Waals surface area (Å²) < 4.78 is 12.9. The Morgan fingerprint density at radius 1 is 1.53 bits per heavy atom. The van der Waals surface area contributed by atoms with Crippen molar-refractivity contribution in [1.29, 1.82) is 0 Å². The molecule has 0 unspecified atom stereocenters. The van der Waals surface area contributed by atoms with E-state index in [1.807, 2.05) is 0 Å². The van der Waals surface area contributed by atoms with Gasteiger partial charge in [0.2, 0.25) is 0 Å². The third-order valence-corrected chi connectivity index (χ3v) is 2.69. The Labute approximate surface area is 101 Å². The van der Waals surface area contributed by atoms with Gasteiger partial charge in [-0.2, -0.15) is 5.10 Å². The normalized spacial score (nSPS) is 10.5. The number of carboxylic acid groups (broad SMARTS) is 1. The van der Waals surface area contributed by atoms with Crippen LogP contribution in [-0.4, -0.2) is 21.3 Å². The lowest BCUT2D eigenvalue weighted by molar-refractivity contribution is 0.0690. The smallest absolute Gasteiger partial charge is 0.353 e. The zero-order valence-corrected chi connectivity index (χ0v) is 9.33. The van der Waals surface area contributed by atoms with Crippen LogP contribution in [0.1, 0.15) is 16.1 Å². The second-order valence-electron chi connectivity index (χ2n) is 3.37. The standard InChI is InChI=1S/C11H8ClFN2O2/c12-8-3-1-2-6(7(8)5-13)9-4-10(11(16)17)15-14-9/h1-4H,5H2,(H,14,15)(H,16,17). The van der Waals surface area contributed by atoms with Gasteiger partial charge in [0.1, 0.15) is 12.4 Å². The second-order valence-corrected chi connectivity index (χ2v) is 3.78. The zero-order chi connectivity index (χ0) is 12.4. The number of H-pyrrole nitrogens is 1. The molecule has 6 heteroatoms. The summed E-state index contributed by atoms with van der Waals surface area (Å²) in [5.74, 6) is -1.12. The van der Waals surface area contributed by atoms with Gasteiger partial charge >= 0.3 is 5.97 Å². The maximum atomic E-state index is 12.9. The molecular formula is C11H8ClFN2O2. The van der Waals surface area contributed by atoms with Crippen molar-refractivity contribution in [2.45, 2.75) is 6.67 Å². The highest BCUT2D eigenvalue weighted by Gasteiger charge is 2.13. The molecule has 0 bridgehead atoms. The predicted octanol–water partition coefficient (Wildman–Crippen LogP) is 2.90. The summed E-state index contributed by atoms with van der Waals surface area (Å²) in [5, 5.41) is 15.2. The van der Waals surface area contributed by atoms with Crippen LogP contribution in [0.5, 0.6) is 0 Å². The lowest BCUT2D eigenvalue weighted by Crippen LogP contribution is -1.95. The maximum absolute atomic E-state index is 12.9. The van der Waals surface area contributed by atoms with Gasteiger partial charge in [0.05, 0.1) is 5.69 Å². The minimum Gasteiger partial charge on any atom is -0.477 e. The minimum atomic E-state index is -1.12. The number of aromatic amines is 1. The first-order valence-electron chi connectivity index (χ1n) is 4.76. The monoisotopic (exact) mass is 254 g/mol. The molecule has 0 aliphatic carbocycles. The van der Waals surface area contributed by atoms with Gasteiger partial charge in [-0.15, -0.1) is 0 Å². The summed E-state index contributed by atoms with van der Waals surface area (Å²) in [6, 6.07) is 6.21. The molecule has 1 aromatic heterocycles. The number of hydrogen-bond donors (Lipinski definition) is 2. The van der Waals surface area contributed by atoms with Crippen molar-refractivity contribution in [1.82, 2.24) is 10.2 Å². The van der Waals surface area contributed by atoms with Crippen molar-refractivity contribution in [2.24, 2.45) is 0 Å². The molecule has 0 saturated heterocycles. The Kier molecular flexibility index (Phi) is 3.10. The molecule has 0 atom stereocenters. The lowest BCUT2D eigenvalue weighted by atomic mass is 10.1. The van der Waals surface area contributed by atoms with Gasteiger partial charge < -0.3 is 5.11 Å². The fourth-order valence-electron chi connectivity index (χ4n) is 1.50. The van der Waals surface area contributed by atoms with Crippen molar-refractivity contribution < 1.29 is 14.3 Å². The van der Waals surface area contributed by atoms with Gasteiger partial charge in [-0.25, -0.2) is 9.18 Å². The van der Waals surface area contributed by atoms with Crippen molar-refractivity contribution in [2.75, 3.05) is 0 Å². The van der Waals surface area contributed by atoms with Crippen LogP contribution in [0.15, 0.2) is 24.3 Å². The number of nitrogens with one attached hydrogen (secondary N) is 1. The highest BCUT2D eigenvalue weighted by molar-refractivity contribution is 6.31. The molecule has 88 valence electrons. The number of carbonyl (C=O) groups is 1. The van der Waals surface area contributed by atoms with E-state index in [0.717, 1.165) is 0 Å². The Bertz CT molecular complexity index is 568. The van der Waals surface area contributed by atoms with E-state index in [9.17, 15) is 9.18 Å². The molecule has 4 nitrogen and oxygen atoms in total. The molecule has 0 radical (unpaired) electrons. The first kappa shape index (κ1) is 11.6. The molecule has 0 amide bonds. The van der Waals surface area contributed by atoms with Gasteiger partial charge in [-0.1, -0.05) is 23.7 Å². The fraction of sp³-hybridized carbons (Fsp3) is 0.0909. The quantitative estimate of drug-likeness (QED) is 0.885. The molecule has 0 aliphatic heterocycles. The summed E-state index contributed by atoms with van der Waals surface area (Å²) in [7, 11) is 0. The molecule has 2 rings (SSSR count). The Hall–Kier alpha value is -1.88.